The second kappa shape index (κ2) is 24.3. The first-order valence-electron chi connectivity index (χ1n) is 22.6. The first kappa shape index (κ1) is 49.2. The smallest absolute Gasteiger partial charge is 0.305 e. The topological polar surface area (TPSA) is 274 Å². The number of carboxylic acid groups (broad SMARTS) is 2. The third kappa shape index (κ3) is 15.5. The standard InChI is InChI=1S/C47H66N8O9/c1-28(2)40(55-42(57)22-32(20-29-10-4-3-5-11-29)52-47(64)36-27-49-19-18-37(36)48)25-43(58)54-39-15-9-7-13-35(39)46(63)53-33(21-30-26-50-38-14-8-6-12-34(30)38)23-41(56)51-31(24-45(61)62)16-17-44(59)60/h3-6,8,10-12,14,26,28,31-33,35-37,39-40,49-50H,7,9,13,15-25,27,48H2,1-2H3,(H,51,56)(H,52,64)(H,53,63)(H,54,58)(H,55,57)(H,59,60)(H,61,62)/t31-,32-,33-,35+,36+,37+,39+,40+/m0/s1. The number of para-hydroxylation sites is 1. The number of hydrogen-bond acceptors (Lipinski definition) is 9. The number of H-pyrrole nitrogens is 1. The van der Waals surface area contributed by atoms with Crippen LogP contribution in [-0.2, 0) is 46.4 Å². The molecule has 1 aliphatic carbocycles. The second-order valence-electron chi connectivity index (χ2n) is 17.8. The number of carbonyl (C=O) groups excluding carboxylic acids is 5. The van der Waals surface area contributed by atoms with Crippen molar-refractivity contribution in [3.8, 4) is 0 Å². The average molecular weight is 887 g/mol. The van der Waals surface area contributed by atoms with E-state index in [0.29, 0.717) is 32.2 Å². The zero-order chi connectivity index (χ0) is 46.2. The number of aromatic amines is 1. The summed E-state index contributed by atoms with van der Waals surface area (Å²) in [7, 11) is 0. The number of nitrogens with one attached hydrogen (secondary N) is 7. The van der Waals surface area contributed by atoms with Gasteiger partial charge in [-0.1, -0.05) is 75.2 Å². The van der Waals surface area contributed by atoms with Crippen LogP contribution in [0.4, 0.5) is 0 Å². The Hall–Kier alpha value is -5.81. The number of hydrogen-bond donors (Lipinski definition) is 10. The lowest BCUT2D eigenvalue weighted by atomic mass is 9.83. The van der Waals surface area contributed by atoms with Crippen molar-refractivity contribution in [1.82, 2.24) is 36.9 Å². The second-order valence-corrected chi connectivity index (χ2v) is 17.8. The Balaban J connectivity index is 1.23. The zero-order valence-corrected chi connectivity index (χ0v) is 36.9. The summed E-state index contributed by atoms with van der Waals surface area (Å²) in [5.74, 6) is -5.14. The highest BCUT2D eigenvalue weighted by Gasteiger charge is 2.35. The number of piperidine rings is 1. The van der Waals surface area contributed by atoms with Gasteiger partial charge in [0.1, 0.15) is 0 Å². The highest BCUT2D eigenvalue weighted by Crippen LogP contribution is 2.27. The van der Waals surface area contributed by atoms with Crippen LogP contribution in [0, 0.1) is 17.8 Å². The molecule has 2 fully saturated rings. The van der Waals surface area contributed by atoms with Crippen LogP contribution in [0.3, 0.4) is 0 Å². The number of nitrogens with two attached hydrogens (primary N) is 1. The van der Waals surface area contributed by atoms with Crippen molar-refractivity contribution in [3.05, 3.63) is 71.9 Å². The molecule has 2 heterocycles. The average Bonchev–Trinajstić information content (AvgIpc) is 3.65. The van der Waals surface area contributed by atoms with Gasteiger partial charge in [0, 0.05) is 85.6 Å². The number of carbonyl (C=O) groups is 7. The lowest BCUT2D eigenvalue weighted by Gasteiger charge is -2.33. The van der Waals surface area contributed by atoms with E-state index in [2.05, 4.69) is 36.9 Å². The van der Waals surface area contributed by atoms with Crippen LogP contribution in [0.2, 0.25) is 0 Å². The summed E-state index contributed by atoms with van der Waals surface area (Å²) in [6.45, 7) is 5.03. The van der Waals surface area contributed by atoms with E-state index in [1.54, 1.807) is 0 Å². The molecule has 0 unspecified atom stereocenters. The van der Waals surface area contributed by atoms with Gasteiger partial charge in [0.2, 0.25) is 29.5 Å². The van der Waals surface area contributed by atoms with Gasteiger partial charge in [0.15, 0.2) is 0 Å². The molecule has 1 aromatic heterocycles. The number of carboxylic acids is 2. The van der Waals surface area contributed by atoms with E-state index in [0.717, 1.165) is 41.4 Å². The zero-order valence-electron chi connectivity index (χ0n) is 36.9. The highest BCUT2D eigenvalue weighted by molar-refractivity contribution is 5.86. The minimum absolute atomic E-state index is 0.00792. The monoisotopic (exact) mass is 886 g/mol. The molecule has 0 radical (unpaired) electrons. The molecule has 17 nitrogen and oxygen atoms in total. The van der Waals surface area contributed by atoms with E-state index in [9.17, 15) is 43.8 Å². The molecule has 8 atom stereocenters. The number of rotatable bonds is 23. The number of aliphatic carboxylic acids is 2. The Bertz CT molecular complexity index is 2060. The van der Waals surface area contributed by atoms with Crippen LogP contribution in [0.5, 0.6) is 0 Å². The fourth-order valence-electron chi connectivity index (χ4n) is 8.87. The minimum atomic E-state index is -1.18. The molecule has 1 aliphatic heterocycles. The summed E-state index contributed by atoms with van der Waals surface area (Å²) in [4.78, 5) is 94.4. The van der Waals surface area contributed by atoms with E-state index in [4.69, 9.17) is 5.73 Å². The van der Waals surface area contributed by atoms with Gasteiger partial charge in [0.05, 0.1) is 18.3 Å². The van der Waals surface area contributed by atoms with Crippen LogP contribution in [-0.4, -0.2) is 106 Å². The van der Waals surface area contributed by atoms with Gasteiger partial charge in [-0.25, -0.2) is 0 Å². The molecule has 5 rings (SSSR count). The Kier molecular flexibility index (Phi) is 18.7. The van der Waals surface area contributed by atoms with Crippen molar-refractivity contribution in [3.63, 3.8) is 0 Å². The molecule has 1 saturated carbocycles. The van der Waals surface area contributed by atoms with Gasteiger partial charge in [-0.15, -0.1) is 0 Å². The maximum Gasteiger partial charge on any atom is 0.305 e. The molecule has 1 saturated heterocycles. The summed E-state index contributed by atoms with van der Waals surface area (Å²) in [6, 6.07) is 13.7. The van der Waals surface area contributed by atoms with Crippen LogP contribution < -0.4 is 37.6 Å². The van der Waals surface area contributed by atoms with E-state index in [-0.39, 0.29) is 74.1 Å². The van der Waals surface area contributed by atoms with Crippen molar-refractivity contribution in [2.45, 2.75) is 134 Å². The summed E-state index contributed by atoms with van der Waals surface area (Å²) in [6.07, 6.45) is 4.70. The lowest BCUT2D eigenvalue weighted by molar-refractivity contribution is -0.140. The van der Waals surface area contributed by atoms with Crippen molar-refractivity contribution in [2.75, 3.05) is 13.1 Å². The lowest BCUT2D eigenvalue weighted by Crippen LogP contribution is -2.54. The summed E-state index contributed by atoms with van der Waals surface area (Å²) >= 11 is 0. The fourth-order valence-corrected chi connectivity index (χ4v) is 8.87. The van der Waals surface area contributed by atoms with Crippen molar-refractivity contribution >= 4 is 52.4 Å². The van der Waals surface area contributed by atoms with Gasteiger partial charge in [-0.2, -0.15) is 0 Å². The van der Waals surface area contributed by atoms with Crippen molar-refractivity contribution in [2.24, 2.45) is 23.5 Å². The SMILES string of the molecule is CC(C)[C@@H](CC(=O)N[C@@H]1CCCC[C@H]1C(=O)N[C@H](CC(=O)N[C@@H](CCC(=O)O)CC(=O)O)Cc1c[nH]c2ccccc12)NC(=O)C[C@H](Cc1ccccc1)NC(=O)[C@@H]1CNCC[C@H]1N. The van der Waals surface area contributed by atoms with Gasteiger partial charge in [0.25, 0.3) is 0 Å². The number of amides is 5. The van der Waals surface area contributed by atoms with Gasteiger partial charge in [-0.05, 0) is 68.2 Å². The molecular formula is C47H66N8O9. The fraction of sp³-hybridized carbons (Fsp3) is 0.553. The molecule has 2 aliphatic rings. The Labute approximate surface area is 374 Å². The normalized spacial score (nSPS) is 20.6. The maximum absolute atomic E-state index is 14.2. The largest absolute Gasteiger partial charge is 0.481 e. The molecular weight excluding hydrogens is 821 g/mol. The molecule has 11 N–H and O–H groups in total. The van der Waals surface area contributed by atoms with Crippen LogP contribution in [0.1, 0.15) is 95.6 Å². The number of benzene rings is 2. The molecule has 2 aromatic carbocycles. The van der Waals surface area contributed by atoms with Crippen molar-refractivity contribution in [1.29, 1.82) is 0 Å². The summed E-state index contributed by atoms with van der Waals surface area (Å²) in [5, 5.41) is 37.7. The van der Waals surface area contributed by atoms with Crippen molar-refractivity contribution < 1.29 is 43.8 Å². The predicted molar refractivity (Wildman–Crippen MR) is 241 cm³/mol. The van der Waals surface area contributed by atoms with E-state index >= 15 is 0 Å². The Morgan fingerprint density at radius 1 is 0.703 bits per heavy atom. The molecule has 5 amide bonds. The first-order chi connectivity index (χ1) is 30.6. The maximum atomic E-state index is 14.2. The first-order valence-corrected chi connectivity index (χ1v) is 22.6. The van der Waals surface area contributed by atoms with E-state index in [1.165, 1.54) is 0 Å². The van der Waals surface area contributed by atoms with E-state index < -0.39 is 66.3 Å². The molecule has 3 aromatic rings. The molecule has 0 spiro atoms. The number of fused-ring (bicyclic) bond motifs is 1. The molecule has 348 valence electrons. The number of aromatic nitrogens is 1. The molecule has 17 heteroatoms. The highest BCUT2D eigenvalue weighted by atomic mass is 16.4. The Morgan fingerprint density at radius 3 is 2.05 bits per heavy atom. The van der Waals surface area contributed by atoms with E-state index in [1.807, 2.05) is 74.6 Å². The van der Waals surface area contributed by atoms with Crippen LogP contribution in [0.25, 0.3) is 10.9 Å². The third-order valence-corrected chi connectivity index (χ3v) is 12.4. The summed E-state index contributed by atoms with van der Waals surface area (Å²) in [5.41, 5.74) is 8.98. The quantitative estimate of drug-likeness (QED) is 0.0661. The van der Waals surface area contributed by atoms with Gasteiger partial charge < -0.3 is 52.8 Å². The minimum Gasteiger partial charge on any atom is -0.481 e. The van der Waals surface area contributed by atoms with Crippen LogP contribution >= 0.6 is 0 Å². The molecule has 0 bridgehead atoms. The summed E-state index contributed by atoms with van der Waals surface area (Å²) < 4.78 is 0. The van der Waals surface area contributed by atoms with Gasteiger partial charge in [-0.3, -0.25) is 33.6 Å². The van der Waals surface area contributed by atoms with Crippen LogP contribution in [0.15, 0.2) is 60.8 Å². The molecule has 64 heavy (non-hydrogen) atoms. The third-order valence-electron chi connectivity index (χ3n) is 12.4. The van der Waals surface area contributed by atoms with Gasteiger partial charge >= 0.3 is 11.9 Å². The predicted octanol–water partition coefficient (Wildman–Crippen LogP) is 2.67. The Morgan fingerprint density at radius 2 is 1.36 bits per heavy atom.